The van der Waals surface area contributed by atoms with Crippen LogP contribution < -0.4 is 10.6 Å². The normalized spacial score (nSPS) is 19.2. The average Bonchev–Trinajstić information content (AvgIpc) is 2.93. The number of fused-ring (bicyclic) bond motifs is 1. The van der Waals surface area contributed by atoms with Crippen molar-refractivity contribution in [1.82, 2.24) is 19.9 Å². The summed E-state index contributed by atoms with van der Waals surface area (Å²) in [6.07, 6.45) is 0.892. The third-order valence-corrected chi connectivity index (χ3v) is 3.11. The summed E-state index contributed by atoms with van der Waals surface area (Å²) in [4.78, 5) is 28.8. The fourth-order valence-electron chi connectivity index (χ4n) is 2.18. The van der Waals surface area contributed by atoms with Crippen molar-refractivity contribution in [1.29, 1.82) is 0 Å². The standard InChI is InChI=1S/C11H14N6O3/c1-19-10(18)6-4-17(2-3-20-6)9-7-8(14-5-13-7)15-11(12)16-9/h5-6H,2-4H2,1H3,(H3,12,13,14,15,16). The Kier molecular flexibility index (Phi) is 3.11. The molecule has 3 rings (SSSR count). The predicted molar refractivity (Wildman–Crippen MR) is 70.1 cm³/mol. The molecule has 1 aliphatic rings. The van der Waals surface area contributed by atoms with Gasteiger partial charge < -0.3 is 25.1 Å². The number of hydrogen-bond donors (Lipinski definition) is 2. The topological polar surface area (TPSA) is 119 Å². The monoisotopic (exact) mass is 278 g/mol. The molecule has 0 bridgehead atoms. The fourth-order valence-corrected chi connectivity index (χ4v) is 2.18. The van der Waals surface area contributed by atoms with Gasteiger partial charge in [-0.25, -0.2) is 9.78 Å². The van der Waals surface area contributed by atoms with E-state index in [0.29, 0.717) is 36.7 Å². The molecule has 20 heavy (non-hydrogen) atoms. The van der Waals surface area contributed by atoms with E-state index >= 15 is 0 Å². The van der Waals surface area contributed by atoms with Crippen molar-refractivity contribution in [2.75, 3.05) is 37.4 Å². The van der Waals surface area contributed by atoms with E-state index in [2.05, 4.69) is 19.9 Å². The van der Waals surface area contributed by atoms with Gasteiger partial charge in [-0.15, -0.1) is 0 Å². The molecule has 2 aromatic heterocycles. The van der Waals surface area contributed by atoms with Gasteiger partial charge in [0.15, 0.2) is 17.6 Å². The highest BCUT2D eigenvalue weighted by Gasteiger charge is 2.29. The van der Waals surface area contributed by atoms with Crippen LogP contribution in [0.5, 0.6) is 0 Å². The van der Waals surface area contributed by atoms with Crippen LogP contribution in [-0.2, 0) is 14.3 Å². The lowest BCUT2D eigenvalue weighted by Crippen LogP contribution is -2.47. The van der Waals surface area contributed by atoms with Gasteiger partial charge in [-0.05, 0) is 0 Å². The first-order valence-electron chi connectivity index (χ1n) is 6.10. The number of nitrogens with two attached hydrogens (primary N) is 1. The van der Waals surface area contributed by atoms with E-state index in [-0.39, 0.29) is 5.95 Å². The number of imidazole rings is 1. The summed E-state index contributed by atoms with van der Waals surface area (Å²) in [5.41, 5.74) is 6.86. The Morgan fingerprint density at radius 3 is 3.25 bits per heavy atom. The van der Waals surface area contributed by atoms with E-state index in [1.807, 2.05) is 4.90 Å². The molecule has 1 aliphatic heterocycles. The molecule has 3 N–H and O–H groups in total. The summed E-state index contributed by atoms with van der Waals surface area (Å²) in [6, 6.07) is 0. The van der Waals surface area contributed by atoms with Crippen molar-refractivity contribution >= 4 is 28.9 Å². The lowest BCUT2D eigenvalue weighted by atomic mass is 10.2. The molecule has 9 heteroatoms. The molecule has 0 radical (unpaired) electrons. The Morgan fingerprint density at radius 2 is 2.45 bits per heavy atom. The molecule has 9 nitrogen and oxygen atoms in total. The van der Waals surface area contributed by atoms with Crippen molar-refractivity contribution in [3.05, 3.63) is 6.33 Å². The zero-order valence-electron chi connectivity index (χ0n) is 10.9. The first-order chi connectivity index (χ1) is 9.69. The molecule has 1 fully saturated rings. The minimum absolute atomic E-state index is 0.140. The van der Waals surface area contributed by atoms with Gasteiger partial charge in [0.25, 0.3) is 0 Å². The maximum absolute atomic E-state index is 11.6. The highest BCUT2D eigenvalue weighted by molar-refractivity contribution is 5.85. The molecule has 0 amide bonds. The Hall–Kier alpha value is -2.42. The molecule has 2 aromatic rings. The molecule has 0 aromatic carbocycles. The number of morpholine rings is 1. The lowest BCUT2D eigenvalue weighted by Gasteiger charge is -2.32. The molecule has 1 atom stereocenters. The van der Waals surface area contributed by atoms with Gasteiger partial charge >= 0.3 is 5.97 Å². The number of hydrogen-bond acceptors (Lipinski definition) is 8. The first-order valence-corrected chi connectivity index (χ1v) is 6.10. The summed E-state index contributed by atoms with van der Waals surface area (Å²) in [7, 11) is 1.33. The van der Waals surface area contributed by atoms with Gasteiger partial charge in [-0.2, -0.15) is 9.97 Å². The van der Waals surface area contributed by atoms with Gasteiger partial charge in [-0.1, -0.05) is 0 Å². The number of anilines is 2. The van der Waals surface area contributed by atoms with Crippen LogP contribution in [-0.4, -0.2) is 58.8 Å². The molecule has 1 unspecified atom stereocenters. The van der Waals surface area contributed by atoms with Crippen LogP contribution in [0.1, 0.15) is 0 Å². The number of esters is 1. The second-order valence-electron chi connectivity index (χ2n) is 4.34. The molecule has 0 spiro atoms. The molecule has 1 saturated heterocycles. The van der Waals surface area contributed by atoms with Crippen LogP contribution in [0.15, 0.2) is 6.33 Å². The Morgan fingerprint density at radius 1 is 1.60 bits per heavy atom. The van der Waals surface area contributed by atoms with E-state index in [0.717, 1.165) is 0 Å². The zero-order valence-corrected chi connectivity index (χ0v) is 10.9. The van der Waals surface area contributed by atoms with E-state index in [4.69, 9.17) is 15.2 Å². The van der Waals surface area contributed by atoms with Gasteiger partial charge in [0.05, 0.1) is 26.6 Å². The average molecular weight is 278 g/mol. The van der Waals surface area contributed by atoms with Gasteiger partial charge in [-0.3, -0.25) is 0 Å². The zero-order chi connectivity index (χ0) is 14.1. The molecular formula is C11H14N6O3. The summed E-state index contributed by atoms with van der Waals surface area (Å²) >= 11 is 0. The summed E-state index contributed by atoms with van der Waals surface area (Å²) in [6.45, 7) is 1.34. The third kappa shape index (κ3) is 2.11. The van der Waals surface area contributed by atoms with Crippen molar-refractivity contribution < 1.29 is 14.3 Å². The quantitative estimate of drug-likeness (QED) is 0.693. The maximum Gasteiger partial charge on any atom is 0.336 e. The lowest BCUT2D eigenvalue weighted by molar-refractivity contribution is -0.154. The number of nitrogen functional groups attached to an aromatic ring is 1. The summed E-state index contributed by atoms with van der Waals surface area (Å²) in [5, 5.41) is 0. The van der Waals surface area contributed by atoms with Crippen LogP contribution >= 0.6 is 0 Å². The number of aromatic amines is 1. The third-order valence-electron chi connectivity index (χ3n) is 3.11. The Balaban J connectivity index is 1.94. The Bertz CT molecular complexity index is 642. The van der Waals surface area contributed by atoms with Crippen LogP contribution in [0.25, 0.3) is 11.2 Å². The van der Waals surface area contributed by atoms with Gasteiger partial charge in [0, 0.05) is 6.54 Å². The van der Waals surface area contributed by atoms with E-state index in [1.165, 1.54) is 13.4 Å². The molecule has 0 aliphatic carbocycles. The smallest absolute Gasteiger partial charge is 0.336 e. The van der Waals surface area contributed by atoms with Crippen molar-refractivity contribution in [3.8, 4) is 0 Å². The number of rotatable bonds is 2. The van der Waals surface area contributed by atoms with Crippen LogP contribution in [0.2, 0.25) is 0 Å². The number of nitrogens with zero attached hydrogens (tertiary/aromatic N) is 4. The molecule has 106 valence electrons. The second-order valence-corrected chi connectivity index (χ2v) is 4.34. The van der Waals surface area contributed by atoms with Gasteiger partial charge in [0.1, 0.15) is 5.52 Å². The summed E-state index contributed by atoms with van der Waals surface area (Å²) < 4.78 is 10.1. The highest BCUT2D eigenvalue weighted by atomic mass is 16.6. The van der Waals surface area contributed by atoms with Crippen LogP contribution in [0.3, 0.4) is 0 Å². The number of methoxy groups -OCH3 is 1. The highest BCUT2D eigenvalue weighted by Crippen LogP contribution is 2.23. The number of nitrogens with one attached hydrogen (secondary N) is 1. The van der Waals surface area contributed by atoms with Gasteiger partial charge in [0.2, 0.25) is 5.95 Å². The maximum atomic E-state index is 11.6. The minimum Gasteiger partial charge on any atom is -0.467 e. The summed E-state index contributed by atoms with van der Waals surface area (Å²) in [5.74, 6) is 0.348. The number of aromatic nitrogens is 4. The fraction of sp³-hybridized carbons (Fsp3) is 0.455. The number of ether oxygens (including phenoxy) is 2. The minimum atomic E-state index is -0.636. The molecular weight excluding hydrogens is 264 g/mol. The van der Waals surface area contributed by atoms with Crippen molar-refractivity contribution in [2.45, 2.75) is 6.10 Å². The van der Waals surface area contributed by atoms with Crippen LogP contribution in [0.4, 0.5) is 11.8 Å². The van der Waals surface area contributed by atoms with E-state index in [9.17, 15) is 4.79 Å². The number of carbonyl (C=O) groups is 1. The first kappa shape index (κ1) is 12.6. The SMILES string of the molecule is COC(=O)C1CN(c2nc(N)nc3nc[nH]c23)CCO1. The van der Waals surface area contributed by atoms with Crippen molar-refractivity contribution in [2.24, 2.45) is 0 Å². The van der Waals surface area contributed by atoms with Crippen molar-refractivity contribution in [3.63, 3.8) is 0 Å². The molecule has 0 saturated carbocycles. The largest absolute Gasteiger partial charge is 0.467 e. The predicted octanol–water partition coefficient (Wildman–Crippen LogP) is -0.687. The second kappa shape index (κ2) is 4.93. The number of H-pyrrole nitrogens is 1. The number of carbonyl (C=O) groups excluding carboxylic acids is 1. The van der Waals surface area contributed by atoms with E-state index < -0.39 is 12.1 Å². The van der Waals surface area contributed by atoms with Crippen LogP contribution in [0, 0.1) is 0 Å². The van der Waals surface area contributed by atoms with E-state index in [1.54, 1.807) is 0 Å². The molecule has 3 heterocycles. The Labute approximate surface area is 114 Å².